The van der Waals surface area contributed by atoms with E-state index in [9.17, 15) is 4.79 Å². The number of hydrogen-bond donors (Lipinski definition) is 1. The lowest BCUT2D eigenvalue weighted by Gasteiger charge is -2.08. The minimum atomic E-state index is -0.322. The quantitative estimate of drug-likeness (QED) is 0.253. The lowest BCUT2D eigenvalue weighted by atomic mass is 10.1. The summed E-state index contributed by atoms with van der Waals surface area (Å²) < 4.78 is 8.37. The summed E-state index contributed by atoms with van der Waals surface area (Å²) in [5, 5.41) is 8.54. The van der Waals surface area contributed by atoms with E-state index in [0.29, 0.717) is 33.8 Å². The Morgan fingerprint density at radius 2 is 1.79 bits per heavy atom. The van der Waals surface area contributed by atoms with Crippen LogP contribution in [0.4, 0.5) is 5.82 Å². The molecule has 4 rings (SSSR count). The Hall–Kier alpha value is -2.51. The van der Waals surface area contributed by atoms with Gasteiger partial charge in [-0.3, -0.25) is 9.48 Å². The van der Waals surface area contributed by atoms with Gasteiger partial charge in [0.15, 0.2) is 5.82 Å². The smallest absolute Gasteiger partial charge is 0.256 e. The van der Waals surface area contributed by atoms with Crippen LogP contribution in [-0.4, -0.2) is 15.7 Å². The predicted molar refractivity (Wildman–Crippen MR) is 136 cm³/mol. The highest BCUT2D eigenvalue weighted by atomic mass is 79.9. The molecule has 0 atom stereocenters. The second-order valence-electron chi connectivity index (χ2n) is 7.16. The number of carbonyl (C=O) groups is 1. The van der Waals surface area contributed by atoms with Crippen molar-refractivity contribution in [2.75, 3.05) is 5.32 Å². The molecule has 5 nitrogen and oxygen atoms in total. The number of carbonyl (C=O) groups excluding carboxylic acids is 1. The molecule has 168 valence electrons. The zero-order valence-corrected chi connectivity index (χ0v) is 20.9. The number of aromatic nitrogens is 2. The van der Waals surface area contributed by atoms with Gasteiger partial charge in [-0.15, -0.1) is 0 Å². The molecule has 0 bridgehead atoms. The van der Waals surface area contributed by atoms with E-state index in [1.807, 2.05) is 36.4 Å². The molecule has 0 unspecified atom stereocenters. The third-order valence-corrected chi connectivity index (χ3v) is 6.10. The lowest BCUT2D eigenvalue weighted by Crippen LogP contribution is -2.13. The molecule has 0 radical (unpaired) electrons. The third kappa shape index (κ3) is 6.30. The van der Waals surface area contributed by atoms with Gasteiger partial charge in [0.05, 0.1) is 6.54 Å². The number of halogens is 4. The van der Waals surface area contributed by atoms with Crippen LogP contribution in [0.25, 0.3) is 0 Å². The molecular formula is C24H17BrCl3N3O2. The summed E-state index contributed by atoms with van der Waals surface area (Å²) in [7, 11) is 0. The minimum Gasteiger partial charge on any atom is -0.489 e. The lowest BCUT2D eigenvalue weighted by molar-refractivity contribution is 0.102. The Morgan fingerprint density at radius 3 is 2.55 bits per heavy atom. The molecule has 9 heteroatoms. The normalized spacial score (nSPS) is 10.8. The first kappa shape index (κ1) is 23.6. The zero-order valence-electron chi connectivity index (χ0n) is 17.1. The molecule has 1 N–H and O–H groups in total. The van der Waals surface area contributed by atoms with E-state index in [0.717, 1.165) is 21.3 Å². The number of rotatable bonds is 7. The van der Waals surface area contributed by atoms with E-state index in [-0.39, 0.29) is 11.7 Å². The molecule has 33 heavy (non-hydrogen) atoms. The molecule has 0 aliphatic heterocycles. The standard InChI is InChI=1S/C24H17BrCl3N3O2/c25-18-5-8-20(9-6-18)33-14-15-2-1-3-16(10-15)24(32)29-23-22(28)13-31(30-23)12-17-4-7-19(26)11-21(17)27/h1-11,13H,12,14H2,(H,29,30,32). The Labute approximate surface area is 214 Å². The highest BCUT2D eigenvalue weighted by molar-refractivity contribution is 9.10. The molecule has 0 aliphatic carbocycles. The summed E-state index contributed by atoms with van der Waals surface area (Å²) >= 11 is 21.9. The van der Waals surface area contributed by atoms with E-state index in [1.54, 1.807) is 41.2 Å². The van der Waals surface area contributed by atoms with Gasteiger partial charge in [-0.05, 0) is 59.7 Å². The molecule has 0 aliphatic rings. The van der Waals surface area contributed by atoms with Crippen molar-refractivity contribution >= 4 is 62.5 Å². The van der Waals surface area contributed by atoms with Crippen LogP contribution < -0.4 is 10.1 Å². The maximum atomic E-state index is 12.8. The van der Waals surface area contributed by atoms with Crippen LogP contribution in [0, 0.1) is 0 Å². The van der Waals surface area contributed by atoms with Crippen molar-refractivity contribution in [1.29, 1.82) is 0 Å². The number of benzene rings is 3. The van der Waals surface area contributed by atoms with Crippen LogP contribution in [0.3, 0.4) is 0 Å². The summed E-state index contributed by atoms with van der Waals surface area (Å²) in [6.45, 7) is 0.717. The van der Waals surface area contributed by atoms with E-state index in [4.69, 9.17) is 39.5 Å². The first-order valence-electron chi connectivity index (χ1n) is 9.83. The molecular weight excluding hydrogens is 549 g/mol. The number of amides is 1. The molecule has 1 aromatic heterocycles. The summed E-state index contributed by atoms with van der Waals surface area (Å²) in [6, 6.07) is 20.0. The van der Waals surface area contributed by atoms with Crippen molar-refractivity contribution < 1.29 is 9.53 Å². The molecule has 0 fully saturated rings. The number of nitrogens with one attached hydrogen (secondary N) is 1. The van der Waals surface area contributed by atoms with Crippen LogP contribution in [0.2, 0.25) is 15.1 Å². The van der Waals surface area contributed by atoms with Crippen molar-refractivity contribution in [2.45, 2.75) is 13.2 Å². The van der Waals surface area contributed by atoms with Gasteiger partial charge in [0.2, 0.25) is 0 Å². The van der Waals surface area contributed by atoms with Crippen molar-refractivity contribution in [3.8, 4) is 5.75 Å². The van der Waals surface area contributed by atoms with Crippen molar-refractivity contribution in [3.63, 3.8) is 0 Å². The molecule has 4 aromatic rings. The average molecular weight is 566 g/mol. The molecule has 0 spiro atoms. The van der Waals surface area contributed by atoms with Crippen LogP contribution in [0.15, 0.2) is 77.4 Å². The Bertz CT molecular complexity index is 1290. The van der Waals surface area contributed by atoms with E-state index >= 15 is 0 Å². The monoisotopic (exact) mass is 563 g/mol. The molecule has 1 amide bonds. The fourth-order valence-corrected chi connectivity index (χ4v) is 4.00. The van der Waals surface area contributed by atoms with Crippen LogP contribution >= 0.6 is 50.7 Å². The highest BCUT2D eigenvalue weighted by Crippen LogP contribution is 2.25. The number of ether oxygens (including phenoxy) is 1. The van der Waals surface area contributed by atoms with Gasteiger partial charge in [0.1, 0.15) is 17.4 Å². The van der Waals surface area contributed by atoms with Gasteiger partial charge in [0, 0.05) is 26.3 Å². The fraction of sp³-hybridized carbons (Fsp3) is 0.0833. The predicted octanol–water partition coefficient (Wildman–Crippen LogP) is 7.49. The largest absolute Gasteiger partial charge is 0.489 e. The van der Waals surface area contributed by atoms with Gasteiger partial charge < -0.3 is 10.1 Å². The second-order valence-corrected chi connectivity index (χ2v) is 9.32. The topological polar surface area (TPSA) is 56.2 Å². The minimum absolute atomic E-state index is 0.267. The van der Waals surface area contributed by atoms with Crippen molar-refractivity contribution in [2.24, 2.45) is 0 Å². The highest BCUT2D eigenvalue weighted by Gasteiger charge is 2.14. The SMILES string of the molecule is O=C(Nc1nn(Cc2ccc(Cl)cc2Cl)cc1Cl)c1cccc(COc2ccc(Br)cc2)c1. The van der Waals surface area contributed by atoms with E-state index in [2.05, 4.69) is 26.3 Å². The van der Waals surface area contributed by atoms with Crippen molar-refractivity contribution in [3.05, 3.63) is 109 Å². The third-order valence-electron chi connectivity index (χ3n) is 4.70. The average Bonchev–Trinajstić information content (AvgIpc) is 3.14. The summed E-state index contributed by atoms with van der Waals surface area (Å²) in [5.74, 6) is 0.687. The van der Waals surface area contributed by atoms with E-state index in [1.165, 1.54) is 0 Å². The first-order valence-corrected chi connectivity index (χ1v) is 11.8. The van der Waals surface area contributed by atoms with Gasteiger partial charge in [-0.25, -0.2) is 0 Å². The van der Waals surface area contributed by atoms with Gasteiger partial charge in [-0.2, -0.15) is 5.10 Å². The Kier molecular flexibility index (Phi) is 7.60. The van der Waals surface area contributed by atoms with Gasteiger partial charge in [-0.1, -0.05) is 68.9 Å². The van der Waals surface area contributed by atoms with Crippen molar-refractivity contribution in [1.82, 2.24) is 9.78 Å². The van der Waals surface area contributed by atoms with Crippen LogP contribution in [0.5, 0.6) is 5.75 Å². The molecule has 3 aromatic carbocycles. The number of nitrogens with zero attached hydrogens (tertiary/aromatic N) is 2. The van der Waals surface area contributed by atoms with Crippen LogP contribution in [-0.2, 0) is 13.2 Å². The summed E-state index contributed by atoms with van der Waals surface area (Å²) in [4.78, 5) is 12.8. The first-order chi connectivity index (χ1) is 15.9. The zero-order chi connectivity index (χ0) is 23.4. The molecule has 1 heterocycles. The van der Waals surface area contributed by atoms with Crippen LogP contribution in [0.1, 0.15) is 21.5 Å². The van der Waals surface area contributed by atoms with Gasteiger partial charge >= 0.3 is 0 Å². The maximum absolute atomic E-state index is 12.8. The van der Waals surface area contributed by atoms with E-state index < -0.39 is 0 Å². The maximum Gasteiger partial charge on any atom is 0.256 e. The summed E-state index contributed by atoms with van der Waals surface area (Å²) in [5.41, 5.74) is 2.16. The molecule has 0 saturated heterocycles. The Morgan fingerprint density at radius 1 is 1.00 bits per heavy atom. The fourth-order valence-electron chi connectivity index (χ4n) is 3.07. The molecule has 0 saturated carbocycles. The summed E-state index contributed by atoms with van der Waals surface area (Å²) in [6.07, 6.45) is 1.63. The Balaban J connectivity index is 1.41. The second kappa shape index (κ2) is 10.6. The number of hydrogen-bond acceptors (Lipinski definition) is 3. The number of anilines is 1. The van der Waals surface area contributed by atoms with Gasteiger partial charge in [0.25, 0.3) is 5.91 Å².